The quantitative estimate of drug-likeness (QED) is 0.394. The van der Waals surface area contributed by atoms with E-state index < -0.39 is 5.97 Å². The van der Waals surface area contributed by atoms with Crippen molar-refractivity contribution in [3.05, 3.63) is 23.3 Å². The van der Waals surface area contributed by atoms with Gasteiger partial charge in [-0.2, -0.15) is 0 Å². The second-order valence-electron chi connectivity index (χ2n) is 1.65. The molecule has 4 heteroatoms. The van der Waals surface area contributed by atoms with E-state index in [0.717, 1.165) is 0 Å². The van der Waals surface area contributed by atoms with Gasteiger partial charge in [0.2, 0.25) is 0 Å². The Labute approximate surface area is 69.9 Å². The highest BCUT2D eigenvalue weighted by atomic mass is 35.5. The van der Waals surface area contributed by atoms with Crippen LogP contribution in [0.4, 0.5) is 0 Å². The summed E-state index contributed by atoms with van der Waals surface area (Å²) in [5, 5.41) is 8.68. The average molecular weight is 177 g/mol. The van der Waals surface area contributed by atoms with Crippen LogP contribution in [0.3, 0.4) is 0 Å². The van der Waals surface area contributed by atoms with E-state index >= 15 is 0 Å². The first kappa shape index (κ1) is 10.2. The highest BCUT2D eigenvalue weighted by molar-refractivity contribution is 6.29. The maximum Gasteiger partial charge on any atom is 0.330 e. The van der Waals surface area contributed by atoms with Crippen molar-refractivity contribution in [2.24, 2.45) is 0 Å². The molecule has 11 heavy (non-hydrogen) atoms. The fourth-order valence-corrected chi connectivity index (χ4v) is 0.425. The molecule has 0 saturated heterocycles. The largest absolute Gasteiger partial charge is 0.466 e. The predicted molar refractivity (Wildman–Crippen MR) is 42.2 cm³/mol. The van der Waals surface area contributed by atoms with Crippen LogP contribution < -0.4 is 0 Å². The van der Waals surface area contributed by atoms with Gasteiger partial charge in [-0.3, -0.25) is 0 Å². The molecule has 0 bridgehead atoms. The summed E-state index contributed by atoms with van der Waals surface area (Å²) < 4.78 is 4.31. The molecular formula is C7H9ClO3. The highest BCUT2D eigenvalue weighted by Gasteiger charge is 1.88. The lowest BCUT2D eigenvalue weighted by Crippen LogP contribution is -1.92. The van der Waals surface area contributed by atoms with E-state index in [0.29, 0.717) is 0 Å². The van der Waals surface area contributed by atoms with E-state index in [-0.39, 0.29) is 11.6 Å². The molecule has 0 radical (unpaired) electrons. The number of hydrogen-bond donors (Lipinski definition) is 1. The van der Waals surface area contributed by atoms with Gasteiger partial charge in [-0.1, -0.05) is 17.7 Å². The number of ether oxygens (including phenoxy) is 1. The molecule has 0 aliphatic rings. The summed E-state index contributed by atoms with van der Waals surface area (Å²) in [6.45, 7) is -0.229. The fourth-order valence-electron chi connectivity index (χ4n) is 0.352. The number of hydrogen-bond acceptors (Lipinski definition) is 3. The van der Waals surface area contributed by atoms with Crippen LogP contribution in [0.2, 0.25) is 0 Å². The summed E-state index contributed by atoms with van der Waals surface area (Å²) in [6, 6.07) is 0. The third kappa shape index (κ3) is 5.63. The van der Waals surface area contributed by atoms with Crippen molar-refractivity contribution in [1.82, 2.24) is 0 Å². The Morgan fingerprint density at radius 1 is 1.73 bits per heavy atom. The summed E-state index contributed by atoms with van der Waals surface area (Å²) >= 11 is 5.40. The zero-order chi connectivity index (χ0) is 8.69. The molecule has 0 heterocycles. The number of esters is 1. The number of rotatable bonds is 3. The van der Waals surface area contributed by atoms with E-state index in [9.17, 15) is 4.79 Å². The molecule has 0 spiro atoms. The van der Waals surface area contributed by atoms with Gasteiger partial charge in [0, 0.05) is 11.1 Å². The SMILES string of the molecule is COC(=O)C=CC=C(Cl)CO. The predicted octanol–water partition coefficient (Wildman–Crippen LogP) is 0.831. The number of methoxy groups -OCH3 is 1. The van der Waals surface area contributed by atoms with E-state index in [1.807, 2.05) is 0 Å². The lowest BCUT2D eigenvalue weighted by molar-refractivity contribution is -0.134. The molecule has 0 aromatic rings. The first-order valence-electron chi connectivity index (χ1n) is 2.92. The van der Waals surface area contributed by atoms with Gasteiger partial charge in [0.15, 0.2) is 0 Å². The smallest absolute Gasteiger partial charge is 0.330 e. The lowest BCUT2D eigenvalue weighted by atomic mass is 10.4. The summed E-state index contributed by atoms with van der Waals surface area (Å²) in [5.74, 6) is -0.455. The molecular weight excluding hydrogens is 168 g/mol. The minimum Gasteiger partial charge on any atom is -0.466 e. The Kier molecular flexibility index (Phi) is 5.51. The molecule has 3 nitrogen and oxygen atoms in total. The molecule has 0 unspecified atom stereocenters. The van der Waals surface area contributed by atoms with Crippen molar-refractivity contribution in [3.63, 3.8) is 0 Å². The molecule has 0 atom stereocenters. The molecule has 0 aromatic carbocycles. The molecule has 0 rings (SSSR count). The second-order valence-corrected chi connectivity index (χ2v) is 2.14. The van der Waals surface area contributed by atoms with Gasteiger partial charge in [-0.25, -0.2) is 4.79 Å². The van der Waals surface area contributed by atoms with Crippen molar-refractivity contribution in [1.29, 1.82) is 0 Å². The molecule has 0 amide bonds. The Morgan fingerprint density at radius 2 is 2.36 bits per heavy atom. The number of carbonyl (C=O) groups is 1. The van der Waals surface area contributed by atoms with Crippen molar-refractivity contribution in [3.8, 4) is 0 Å². The lowest BCUT2D eigenvalue weighted by Gasteiger charge is -1.88. The van der Waals surface area contributed by atoms with E-state index in [4.69, 9.17) is 16.7 Å². The Hall–Kier alpha value is -0.800. The highest BCUT2D eigenvalue weighted by Crippen LogP contribution is 1.98. The van der Waals surface area contributed by atoms with Crippen molar-refractivity contribution < 1.29 is 14.6 Å². The summed E-state index contributed by atoms with van der Waals surface area (Å²) in [7, 11) is 1.28. The second kappa shape index (κ2) is 5.95. The molecule has 1 N–H and O–H groups in total. The number of allylic oxidation sites excluding steroid dienone is 2. The van der Waals surface area contributed by atoms with Gasteiger partial charge in [-0.15, -0.1) is 0 Å². The van der Waals surface area contributed by atoms with Gasteiger partial charge in [-0.05, 0) is 6.08 Å². The average Bonchev–Trinajstić information content (AvgIpc) is 2.04. The topological polar surface area (TPSA) is 46.5 Å². The normalized spacial score (nSPS) is 12.1. The first-order valence-corrected chi connectivity index (χ1v) is 3.30. The number of aliphatic hydroxyl groups excluding tert-OH is 1. The Balaban J connectivity index is 3.85. The number of aliphatic hydroxyl groups is 1. The van der Waals surface area contributed by atoms with Crippen LogP contribution in [-0.2, 0) is 9.53 Å². The number of carbonyl (C=O) groups excluding carboxylic acids is 1. The van der Waals surface area contributed by atoms with Gasteiger partial charge in [0.1, 0.15) is 0 Å². The molecule has 62 valence electrons. The molecule has 0 aromatic heterocycles. The van der Waals surface area contributed by atoms with Crippen LogP contribution in [0.5, 0.6) is 0 Å². The minimum atomic E-state index is -0.455. The fraction of sp³-hybridized carbons (Fsp3) is 0.286. The summed E-state index contributed by atoms with van der Waals surface area (Å²) in [6.07, 6.45) is 4.03. The standard InChI is InChI=1S/C7H9ClO3/c1-11-7(10)4-2-3-6(8)5-9/h2-4,9H,5H2,1H3. The Bertz CT molecular complexity index is 184. The molecule has 0 aliphatic heterocycles. The maximum atomic E-state index is 10.4. The van der Waals surface area contributed by atoms with Crippen LogP contribution in [0.25, 0.3) is 0 Å². The monoisotopic (exact) mass is 176 g/mol. The molecule has 0 saturated carbocycles. The van der Waals surface area contributed by atoms with E-state index in [2.05, 4.69) is 4.74 Å². The van der Waals surface area contributed by atoms with Crippen molar-refractivity contribution in [2.45, 2.75) is 0 Å². The molecule has 0 aliphatic carbocycles. The third-order valence-corrected chi connectivity index (χ3v) is 1.11. The van der Waals surface area contributed by atoms with Gasteiger partial charge < -0.3 is 9.84 Å². The van der Waals surface area contributed by atoms with Crippen LogP contribution in [-0.4, -0.2) is 24.8 Å². The third-order valence-electron chi connectivity index (χ3n) is 0.862. The van der Waals surface area contributed by atoms with Crippen LogP contribution >= 0.6 is 11.6 Å². The van der Waals surface area contributed by atoms with Crippen LogP contribution in [0, 0.1) is 0 Å². The Morgan fingerprint density at radius 3 is 2.82 bits per heavy atom. The molecule has 0 fully saturated rings. The summed E-state index contributed by atoms with van der Waals surface area (Å²) in [5.41, 5.74) is 0. The zero-order valence-corrected chi connectivity index (χ0v) is 6.84. The zero-order valence-electron chi connectivity index (χ0n) is 6.08. The first-order chi connectivity index (χ1) is 5.20. The van der Waals surface area contributed by atoms with Gasteiger partial charge in [0.05, 0.1) is 13.7 Å². The van der Waals surface area contributed by atoms with Gasteiger partial charge in [0.25, 0.3) is 0 Å². The van der Waals surface area contributed by atoms with Crippen LogP contribution in [0.1, 0.15) is 0 Å². The van der Waals surface area contributed by atoms with Crippen molar-refractivity contribution >= 4 is 17.6 Å². The van der Waals surface area contributed by atoms with Crippen molar-refractivity contribution in [2.75, 3.05) is 13.7 Å². The van der Waals surface area contributed by atoms with E-state index in [1.54, 1.807) is 0 Å². The minimum absolute atomic E-state index is 0.229. The van der Waals surface area contributed by atoms with Gasteiger partial charge >= 0.3 is 5.97 Å². The van der Waals surface area contributed by atoms with E-state index in [1.165, 1.54) is 25.3 Å². The maximum absolute atomic E-state index is 10.4. The number of halogens is 1. The van der Waals surface area contributed by atoms with Crippen LogP contribution in [0.15, 0.2) is 23.3 Å². The summed E-state index contributed by atoms with van der Waals surface area (Å²) in [4.78, 5) is 10.4.